The zero-order chi connectivity index (χ0) is 20.9. The molecule has 1 aliphatic rings. The van der Waals surface area contributed by atoms with Crippen molar-refractivity contribution in [2.24, 2.45) is 0 Å². The molecular formula is C22H23N5O2S. The standard InChI is InChI=1S/C22H23N5O2S/c1-15(28)23-18-9-11-19(12-10-18)24-20(29)14-30-22-26-25-21(17-7-8-17)27(22)13-16-5-3-2-4-6-16/h2-6,9-12,17H,7-8,13-14H2,1H3,(H,23,28)(H,24,29). The van der Waals surface area contributed by atoms with Crippen molar-refractivity contribution < 1.29 is 9.59 Å². The Morgan fingerprint density at radius 3 is 2.30 bits per heavy atom. The molecule has 4 rings (SSSR count). The molecule has 2 aromatic carbocycles. The first-order valence-corrected chi connectivity index (χ1v) is 10.8. The molecule has 2 N–H and O–H groups in total. The quantitative estimate of drug-likeness (QED) is 0.539. The van der Waals surface area contributed by atoms with Gasteiger partial charge in [0.2, 0.25) is 11.8 Å². The van der Waals surface area contributed by atoms with Crippen LogP contribution < -0.4 is 10.6 Å². The molecule has 1 heterocycles. The van der Waals surface area contributed by atoms with Gasteiger partial charge in [-0.1, -0.05) is 42.1 Å². The summed E-state index contributed by atoms with van der Waals surface area (Å²) in [5, 5.41) is 15.1. The first-order valence-electron chi connectivity index (χ1n) is 9.86. The Bertz CT molecular complexity index is 1030. The van der Waals surface area contributed by atoms with Gasteiger partial charge in [0, 0.05) is 24.2 Å². The first kappa shape index (κ1) is 20.2. The van der Waals surface area contributed by atoms with Gasteiger partial charge in [-0.3, -0.25) is 9.59 Å². The fourth-order valence-corrected chi connectivity index (χ4v) is 3.88. The number of nitrogens with one attached hydrogen (secondary N) is 2. The number of thioether (sulfide) groups is 1. The minimum atomic E-state index is -0.131. The molecule has 0 radical (unpaired) electrons. The van der Waals surface area contributed by atoms with E-state index in [0.717, 1.165) is 23.8 Å². The zero-order valence-electron chi connectivity index (χ0n) is 16.7. The molecule has 0 aliphatic heterocycles. The van der Waals surface area contributed by atoms with Crippen LogP contribution in [0.3, 0.4) is 0 Å². The van der Waals surface area contributed by atoms with E-state index in [1.54, 1.807) is 24.3 Å². The molecule has 2 amide bonds. The molecule has 0 spiro atoms. The predicted molar refractivity (Wildman–Crippen MR) is 118 cm³/mol. The second kappa shape index (κ2) is 9.13. The number of anilines is 2. The van der Waals surface area contributed by atoms with Crippen LogP contribution in [0, 0.1) is 0 Å². The van der Waals surface area contributed by atoms with Gasteiger partial charge in [0.05, 0.1) is 12.3 Å². The van der Waals surface area contributed by atoms with E-state index < -0.39 is 0 Å². The first-order chi connectivity index (χ1) is 14.6. The number of amides is 2. The molecule has 3 aromatic rings. The second-order valence-corrected chi connectivity index (χ2v) is 8.22. The van der Waals surface area contributed by atoms with Crippen LogP contribution >= 0.6 is 11.8 Å². The largest absolute Gasteiger partial charge is 0.326 e. The Balaban J connectivity index is 1.38. The summed E-state index contributed by atoms with van der Waals surface area (Å²) in [6, 6.07) is 17.2. The van der Waals surface area contributed by atoms with E-state index in [1.807, 2.05) is 18.2 Å². The third-order valence-electron chi connectivity index (χ3n) is 4.69. The van der Waals surface area contributed by atoms with E-state index >= 15 is 0 Å². The molecule has 1 saturated carbocycles. The van der Waals surface area contributed by atoms with Crippen LogP contribution in [0.5, 0.6) is 0 Å². The maximum atomic E-state index is 12.4. The van der Waals surface area contributed by atoms with Gasteiger partial charge in [-0.05, 0) is 42.7 Å². The number of hydrogen-bond acceptors (Lipinski definition) is 5. The monoisotopic (exact) mass is 421 g/mol. The fourth-order valence-electron chi connectivity index (χ4n) is 3.13. The molecule has 30 heavy (non-hydrogen) atoms. The van der Waals surface area contributed by atoms with E-state index in [4.69, 9.17) is 0 Å². The zero-order valence-corrected chi connectivity index (χ0v) is 17.5. The molecule has 0 bridgehead atoms. The number of carbonyl (C=O) groups excluding carboxylic acids is 2. The van der Waals surface area contributed by atoms with Crippen molar-refractivity contribution in [2.75, 3.05) is 16.4 Å². The Morgan fingerprint density at radius 1 is 1.00 bits per heavy atom. The van der Waals surface area contributed by atoms with Gasteiger partial charge < -0.3 is 15.2 Å². The van der Waals surface area contributed by atoms with Gasteiger partial charge in [-0.25, -0.2) is 0 Å². The molecule has 0 unspecified atom stereocenters. The van der Waals surface area contributed by atoms with Crippen molar-refractivity contribution in [3.8, 4) is 0 Å². The lowest BCUT2D eigenvalue weighted by Gasteiger charge is -2.10. The van der Waals surface area contributed by atoms with Gasteiger partial charge in [-0.15, -0.1) is 10.2 Å². The van der Waals surface area contributed by atoms with Crippen LogP contribution in [0.15, 0.2) is 59.8 Å². The minimum Gasteiger partial charge on any atom is -0.326 e. The highest BCUT2D eigenvalue weighted by Gasteiger charge is 2.30. The van der Waals surface area contributed by atoms with E-state index in [1.165, 1.54) is 24.2 Å². The molecule has 0 saturated heterocycles. The highest BCUT2D eigenvalue weighted by atomic mass is 32.2. The van der Waals surface area contributed by atoms with Crippen LogP contribution in [-0.4, -0.2) is 32.3 Å². The van der Waals surface area contributed by atoms with Crippen molar-refractivity contribution in [3.63, 3.8) is 0 Å². The van der Waals surface area contributed by atoms with Gasteiger partial charge in [0.1, 0.15) is 5.82 Å². The summed E-state index contributed by atoms with van der Waals surface area (Å²) in [5.74, 6) is 1.48. The third kappa shape index (κ3) is 5.27. The molecule has 1 aliphatic carbocycles. The molecule has 1 aromatic heterocycles. The average molecular weight is 422 g/mol. The van der Waals surface area contributed by atoms with Crippen LogP contribution in [0.25, 0.3) is 0 Å². The molecule has 154 valence electrons. The maximum Gasteiger partial charge on any atom is 0.234 e. The van der Waals surface area contributed by atoms with Crippen molar-refractivity contribution in [2.45, 2.75) is 37.4 Å². The van der Waals surface area contributed by atoms with E-state index in [-0.39, 0.29) is 17.6 Å². The SMILES string of the molecule is CC(=O)Nc1ccc(NC(=O)CSc2nnc(C3CC3)n2Cc2ccccc2)cc1. The van der Waals surface area contributed by atoms with E-state index in [0.29, 0.717) is 23.8 Å². The van der Waals surface area contributed by atoms with Gasteiger partial charge in [0.25, 0.3) is 0 Å². The molecule has 0 atom stereocenters. The summed E-state index contributed by atoms with van der Waals surface area (Å²) in [7, 11) is 0. The second-order valence-electron chi connectivity index (χ2n) is 7.28. The van der Waals surface area contributed by atoms with E-state index in [2.05, 4.69) is 37.5 Å². The fraction of sp³-hybridized carbons (Fsp3) is 0.273. The molecular weight excluding hydrogens is 398 g/mol. The van der Waals surface area contributed by atoms with Crippen molar-refractivity contribution >= 4 is 35.0 Å². The summed E-state index contributed by atoms with van der Waals surface area (Å²) in [6.45, 7) is 2.16. The van der Waals surface area contributed by atoms with Gasteiger partial charge >= 0.3 is 0 Å². The smallest absolute Gasteiger partial charge is 0.234 e. The Morgan fingerprint density at radius 2 is 1.67 bits per heavy atom. The number of aromatic nitrogens is 3. The third-order valence-corrected chi connectivity index (χ3v) is 5.66. The predicted octanol–water partition coefficient (Wildman–Crippen LogP) is 3.89. The van der Waals surface area contributed by atoms with Crippen molar-refractivity contribution in [3.05, 3.63) is 66.0 Å². The van der Waals surface area contributed by atoms with Crippen LogP contribution in [-0.2, 0) is 16.1 Å². The molecule has 8 heteroatoms. The topological polar surface area (TPSA) is 88.9 Å². The summed E-state index contributed by atoms with van der Waals surface area (Å²) < 4.78 is 2.13. The van der Waals surface area contributed by atoms with Crippen LogP contribution in [0.1, 0.15) is 37.1 Å². The normalized spacial score (nSPS) is 13.1. The Hall–Kier alpha value is -3.13. The van der Waals surface area contributed by atoms with Crippen molar-refractivity contribution in [1.29, 1.82) is 0 Å². The van der Waals surface area contributed by atoms with Crippen LogP contribution in [0.4, 0.5) is 11.4 Å². The lowest BCUT2D eigenvalue weighted by Crippen LogP contribution is -2.15. The molecule has 7 nitrogen and oxygen atoms in total. The summed E-state index contributed by atoms with van der Waals surface area (Å²) >= 11 is 1.39. The number of rotatable bonds is 8. The van der Waals surface area contributed by atoms with E-state index in [9.17, 15) is 9.59 Å². The lowest BCUT2D eigenvalue weighted by atomic mass is 10.2. The maximum absolute atomic E-state index is 12.4. The highest BCUT2D eigenvalue weighted by molar-refractivity contribution is 7.99. The van der Waals surface area contributed by atoms with Crippen molar-refractivity contribution in [1.82, 2.24) is 14.8 Å². The number of benzene rings is 2. The minimum absolute atomic E-state index is 0.116. The summed E-state index contributed by atoms with van der Waals surface area (Å²) in [5.41, 5.74) is 2.56. The lowest BCUT2D eigenvalue weighted by molar-refractivity contribution is -0.114. The summed E-state index contributed by atoms with van der Waals surface area (Å²) in [6.07, 6.45) is 2.29. The summed E-state index contributed by atoms with van der Waals surface area (Å²) in [4.78, 5) is 23.5. The van der Waals surface area contributed by atoms with Gasteiger partial charge in [0.15, 0.2) is 5.16 Å². The number of carbonyl (C=O) groups is 2. The average Bonchev–Trinajstić information content (AvgIpc) is 3.50. The Labute approximate surface area is 179 Å². The highest BCUT2D eigenvalue weighted by Crippen LogP contribution is 2.40. The van der Waals surface area contributed by atoms with Gasteiger partial charge in [-0.2, -0.15) is 0 Å². The molecule has 1 fully saturated rings. The Kier molecular flexibility index (Phi) is 6.13. The van der Waals surface area contributed by atoms with Crippen LogP contribution in [0.2, 0.25) is 0 Å². The number of nitrogens with zero attached hydrogens (tertiary/aromatic N) is 3. The number of hydrogen-bond donors (Lipinski definition) is 2.